The van der Waals surface area contributed by atoms with Crippen LogP contribution in [-0.4, -0.2) is 9.78 Å². The minimum Gasteiger partial charge on any atom is -0.396 e. The summed E-state index contributed by atoms with van der Waals surface area (Å²) in [5.41, 5.74) is 7.52. The van der Waals surface area contributed by atoms with E-state index in [2.05, 4.69) is 10.4 Å². The first-order valence-corrected chi connectivity index (χ1v) is 5.35. The molecule has 0 atom stereocenters. The van der Waals surface area contributed by atoms with E-state index in [1.54, 1.807) is 16.8 Å². The molecule has 0 radical (unpaired) electrons. The largest absolute Gasteiger partial charge is 0.396 e. The van der Waals surface area contributed by atoms with Crippen LogP contribution >= 0.6 is 0 Å². The maximum absolute atomic E-state index is 13.2. The lowest BCUT2D eigenvalue weighted by molar-refractivity contribution is 0.631. The average molecular weight is 234 g/mol. The van der Waals surface area contributed by atoms with Gasteiger partial charge in [-0.15, -0.1) is 0 Å². The van der Waals surface area contributed by atoms with Gasteiger partial charge in [0.25, 0.3) is 0 Å². The van der Waals surface area contributed by atoms with Crippen LogP contribution in [0.4, 0.5) is 15.9 Å². The molecule has 2 aromatic rings. The minimum absolute atomic E-state index is 0.193. The SMILES string of the molecule is Cc1cc(NCc2cccc(F)c2N)n(C)n1. The second kappa shape index (κ2) is 4.45. The van der Waals surface area contributed by atoms with Gasteiger partial charge in [-0.1, -0.05) is 12.1 Å². The number of anilines is 2. The van der Waals surface area contributed by atoms with Crippen LogP contribution in [0.5, 0.6) is 0 Å². The highest BCUT2D eigenvalue weighted by Crippen LogP contribution is 2.17. The Kier molecular flexibility index (Phi) is 2.99. The summed E-state index contributed by atoms with van der Waals surface area (Å²) in [5, 5.41) is 7.38. The van der Waals surface area contributed by atoms with Gasteiger partial charge in [0.05, 0.1) is 11.4 Å². The molecule has 0 bridgehead atoms. The van der Waals surface area contributed by atoms with Gasteiger partial charge in [-0.2, -0.15) is 5.10 Å². The van der Waals surface area contributed by atoms with Crippen LogP contribution in [0.1, 0.15) is 11.3 Å². The van der Waals surface area contributed by atoms with Crippen LogP contribution in [0.15, 0.2) is 24.3 Å². The molecule has 1 aromatic heterocycles. The van der Waals surface area contributed by atoms with Gasteiger partial charge in [-0.05, 0) is 18.6 Å². The Bertz CT molecular complexity index is 533. The molecular weight excluding hydrogens is 219 g/mol. The molecule has 1 heterocycles. The number of aromatic nitrogens is 2. The number of nitrogens with two attached hydrogens (primary N) is 1. The third kappa shape index (κ3) is 2.38. The Hall–Kier alpha value is -2.04. The van der Waals surface area contributed by atoms with E-state index < -0.39 is 0 Å². The molecule has 3 N–H and O–H groups in total. The fraction of sp³-hybridized carbons (Fsp3) is 0.250. The average Bonchev–Trinajstić information content (AvgIpc) is 2.60. The van der Waals surface area contributed by atoms with Crippen LogP contribution in [-0.2, 0) is 13.6 Å². The lowest BCUT2D eigenvalue weighted by Crippen LogP contribution is -2.07. The molecule has 0 unspecified atom stereocenters. The van der Waals surface area contributed by atoms with Crippen molar-refractivity contribution in [2.24, 2.45) is 7.05 Å². The Morgan fingerprint density at radius 1 is 1.47 bits per heavy atom. The molecule has 0 aliphatic carbocycles. The number of nitrogens with zero attached hydrogens (tertiary/aromatic N) is 2. The maximum atomic E-state index is 13.2. The number of nitrogens with one attached hydrogen (secondary N) is 1. The lowest BCUT2D eigenvalue weighted by atomic mass is 10.2. The molecular formula is C12H15FN4. The van der Waals surface area contributed by atoms with Crippen LogP contribution in [0.25, 0.3) is 0 Å². The Morgan fingerprint density at radius 3 is 2.88 bits per heavy atom. The lowest BCUT2D eigenvalue weighted by Gasteiger charge is -2.09. The van der Waals surface area contributed by atoms with Gasteiger partial charge < -0.3 is 11.1 Å². The normalized spacial score (nSPS) is 10.5. The van der Waals surface area contributed by atoms with E-state index in [9.17, 15) is 4.39 Å². The molecule has 17 heavy (non-hydrogen) atoms. The molecule has 5 heteroatoms. The van der Waals surface area contributed by atoms with Gasteiger partial charge in [-0.25, -0.2) is 4.39 Å². The number of benzene rings is 1. The van der Waals surface area contributed by atoms with Crippen molar-refractivity contribution in [3.05, 3.63) is 41.3 Å². The number of para-hydroxylation sites is 1. The highest BCUT2D eigenvalue weighted by molar-refractivity contribution is 5.50. The van der Waals surface area contributed by atoms with Crippen molar-refractivity contribution in [1.29, 1.82) is 0 Å². The zero-order valence-corrected chi connectivity index (χ0v) is 9.87. The molecule has 90 valence electrons. The first kappa shape index (κ1) is 11.4. The van der Waals surface area contributed by atoms with Gasteiger partial charge >= 0.3 is 0 Å². The van der Waals surface area contributed by atoms with Crippen molar-refractivity contribution in [1.82, 2.24) is 9.78 Å². The molecule has 0 fully saturated rings. The molecule has 1 aromatic carbocycles. The predicted molar refractivity (Wildman–Crippen MR) is 66.1 cm³/mol. The second-order valence-corrected chi connectivity index (χ2v) is 3.96. The van der Waals surface area contributed by atoms with E-state index in [0.717, 1.165) is 17.1 Å². The minimum atomic E-state index is -0.384. The van der Waals surface area contributed by atoms with Crippen molar-refractivity contribution in [3.8, 4) is 0 Å². The van der Waals surface area contributed by atoms with Crippen molar-refractivity contribution in [2.45, 2.75) is 13.5 Å². The fourth-order valence-electron chi connectivity index (χ4n) is 1.70. The standard InChI is InChI=1S/C12H15FN4/c1-8-6-11(17(2)16-8)15-7-9-4-3-5-10(13)12(9)14/h3-6,15H,7,14H2,1-2H3. The maximum Gasteiger partial charge on any atom is 0.146 e. The fourth-order valence-corrected chi connectivity index (χ4v) is 1.70. The van der Waals surface area contributed by atoms with E-state index in [0.29, 0.717) is 6.54 Å². The molecule has 0 aliphatic heterocycles. The summed E-state index contributed by atoms with van der Waals surface area (Å²) in [7, 11) is 1.85. The molecule has 2 rings (SSSR count). The third-order valence-electron chi connectivity index (χ3n) is 2.61. The number of hydrogen-bond donors (Lipinski definition) is 2. The van der Waals surface area contributed by atoms with Gasteiger partial charge in [0.15, 0.2) is 0 Å². The molecule has 0 aliphatic rings. The van der Waals surface area contributed by atoms with Crippen LogP contribution in [0.2, 0.25) is 0 Å². The van der Waals surface area contributed by atoms with Crippen molar-refractivity contribution < 1.29 is 4.39 Å². The molecule has 0 saturated carbocycles. The Balaban J connectivity index is 2.12. The third-order valence-corrected chi connectivity index (χ3v) is 2.61. The van der Waals surface area contributed by atoms with Gasteiger partial charge in [0.1, 0.15) is 11.6 Å². The zero-order chi connectivity index (χ0) is 12.4. The first-order chi connectivity index (χ1) is 8.08. The molecule has 0 amide bonds. The van der Waals surface area contributed by atoms with Crippen LogP contribution < -0.4 is 11.1 Å². The van der Waals surface area contributed by atoms with E-state index in [4.69, 9.17) is 5.73 Å². The van der Waals surface area contributed by atoms with E-state index >= 15 is 0 Å². The Labute approximate surface area is 99.2 Å². The number of halogens is 1. The van der Waals surface area contributed by atoms with Crippen molar-refractivity contribution >= 4 is 11.5 Å². The topological polar surface area (TPSA) is 55.9 Å². The van der Waals surface area contributed by atoms with E-state index in [1.807, 2.05) is 20.0 Å². The summed E-state index contributed by atoms with van der Waals surface area (Å²) >= 11 is 0. The smallest absolute Gasteiger partial charge is 0.146 e. The summed E-state index contributed by atoms with van der Waals surface area (Å²) < 4.78 is 15.0. The monoisotopic (exact) mass is 234 g/mol. The highest BCUT2D eigenvalue weighted by Gasteiger charge is 2.05. The highest BCUT2D eigenvalue weighted by atomic mass is 19.1. The first-order valence-electron chi connectivity index (χ1n) is 5.35. The van der Waals surface area contributed by atoms with Crippen molar-refractivity contribution in [2.75, 3.05) is 11.1 Å². The van der Waals surface area contributed by atoms with Crippen LogP contribution in [0, 0.1) is 12.7 Å². The number of aryl methyl sites for hydroxylation is 2. The van der Waals surface area contributed by atoms with Crippen LogP contribution in [0.3, 0.4) is 0 Å². The summed E-state index contributed by atoms with van der Waals surface area (Å²) in [6.45, 7) is 2.39. The summed E-state index contributed by atoms with van der Waals surface area (Å²) in [5.74, 6) is 0.497. The summed E-state index contributed by atoms with van der Waals surface area (Å²) in [4.78, 5) is 0. The second-order valence-electron chi connectivity index (χ2n) is 3.96. The van der Waals surface area contributed by atoms with Gasteiger partial charge in [0.2, 0.25) is 0 Å². The number of hydrogen-bond acceptors (Lipinski definition) is 3. The molecule has 0 saturated heterocycles. The summed E-state index contributed by atoms with van der Waals surface area (Å²) in [6.07, 6.45) is 0. The van der Waals surface area contributed by atoms with Gasteiger partial charge in [0, 0.05) is 19.7 Å². The quantitative estimate of drug-likeness (QED) is 0.799. The molecule has 4 nitrogen and oxygen atoms in total. The summed E-state index contributed by atoms with van der Waals surface area (Å²) in [6, 6.07) is 6.73. The van der Waals surface area contributed by atoms with E-state index in [1.165, 1.54) is 6.07 Å². The number of rotatable bonds is 3. The number of nitrogen functional groups attached to an aromatic ring is 1. The molecule has 0 spiro atoms. The Morgan fingerprint density at radius 2 is 2.24 bits per heavy atom. The van der Waals surface area contributed by atoms with Crippen molar-refractivity contribution in [3.63, 3.8) is 0 Å². The van der Waals surface area contributed by atoms with E-state index in [-0.39, 0.29) is 11.5 Å². The predicted octanol–water partition coefficient (Wildman–Crippen LogP) is 2.06. The van der Waals surface area contributed by atoms with Gasteiger partial charge in [-0.3, -0.25) is 4.68 Å². The zero-order valence-electron chi connectivity index (χ0n) is 9.87.